The van der Waals surface area contributed by atoms with Crippen molar-refractivity contribution in [3.8, 4) is 6.07 Å². The Hall–Kier alpha value is -1.86. The van der Waals surface area contributed by atoms with Gasteiger partial charge < -0.3 is 10.6 Å². The van der Waals surface area contributed by atoms with Crippen LogP contribution in [-0.4, -0.2) is 19.0 Å². The molecule has 1 saturated heterocycles. The van der Waals surface area contributed by atoms with Gasteiger partial charge in [0.05, 0.1) is 17.6 Å². The lowest BCUT2D eigenvalue weighted by atomic mass is 9.99. The number of hydrogen-bond donors (Lipinski definition) is 2. The minimum Gasteiger partial charge on any atom is -0.326 e. The number of nitrogens with zero attached hydrogens (tertiary/aromatic N) is 1. The third-order valence-corrected chi connectivity index (χ3v) is 2.95. The zero-order valence-electron chi connectivity index (χ0n) is 9.57. The lowest BCUT2D eigenvalue weighted by Crippen LogP contribution is -2.37. The number of nitrogens with one attached hydrogen (secondary N) is 2. The van der Waals surface area contributed by atoms with Gasteiger partial charge in [-0.25, -0.2) is 0 Å². The maximum Gasteiger partial charge on any atom is 0.228 e. The van der Waals surface area contributed by atoms with Gasteiger partial charge in [-0.3, -0.25) is 4.79 Å². The molecule has 1 amide bonds. The second-order valence-electron chi connectivity index (χ2n) is 4.22. The van der Waals surface area contributed by atoms with E-state index < -0.39 is 0 Å². The second-order valence-corrected chi connectivity index (χ2v) is 4.22. The van der Waals surface area contributed by atoms with Gasteiger partial charge in [-0.1, -0.05) is 0 Å². The minimum atomic E-state index is 0.0550. The molecule has 1 aliphatic heterocycles. The molecule has 88 valence electrons. The van der Waals surface area contributed by atoms with E-state index in [2.05, 4.69) is 10.6 Å². The first-order valence-electron chi connectivity index (χ1n) is 5.81. The van der Waals surface area contributed by atoms with E-state index >= 15 is 0 Å². The topological polar surface area (TPSA) is 64.9 Å². The molecule has 1 fully saturated rings. The highest BCUT2D eigenvalue weighted by atomic mass is 16.1. The highest BCUT2D eigenvalue weighted by molar-refractivity contribution is 5.92. The monoisotopic (exact) mass is 229 g/mol. The average molecular weight is 229 g/mol. The van der Waals surface area contributed by atoms with Crippen LogP contribution in [0.4, 0.5) is 5.69 Å². The van der Waals surface area contributed by atoms with Gasteiger partial charge >= 0.3 is 0 Å². The molecule has 1 heterocycles. The lowest BCUT2D eigenvalue weighted by molar-refractivity contribution is -0.120. The highest BCUT2D eigenvalue weighted by Gasteiger charge is 2.20. The lowest BCUT2D eigenvalue weighted by Gasteiger charge is -2.21. The molecule has 4 heteroatoms. The van der Waals surface area contributed by atoms with Gasteiger partial charge in [-0.2, -0.15) is 5.26 Å². The fourth-order valence-electron chi connectivity index (χ4n) is 1.95. The Labute approximate surface area is 101 Å². The Morgan fingerprint density at radius 1 is 1.41 bits per heavy atom. The van der Waals surface area contributed by atoms with Crippen LogP contribution in [0.1, 0.15) is 18.4 Å². The zero-order chi connectivity index (χ0) is 12.1. The Balaban J connectivity index is 1.95. The van der Waals surface area contributed by atoms with E-state index in [0.29, 0.717) is 5.56 Å². The maximum absolute atomic E-state index is 11.9. The van der Waals surface area contributed by atoms with E-state index in [0.717, 1.165) is 31.6 Å². The molecule has 0 bridgehead atoms. The van der Waals surface area contributed by atoms with Crippen LogP contribution in [0.15, 0.2) is 24.3 Å². The number of benzene rings is 1. The van der Waals surface area contributed by atoms with Crippen LogP contribution in [0, 0.1) is 17.2 Å². The van der Waals surface area contributed by atoms with E-state index in [9.17, 15) is 4.79 Å². The fourth-order valence-corrected chi connectivity index (χ4v) is 1.95. The van der Waals surface area contributed by atoms with Crippen LogP contribution in [0.3, 0.4) is 0 Å². The molecule has 17 heavy (non-hydrogen) atoms. The summed E-state index contributed by atoms with van der Waals surface area (Å²) in [6.45, 7) is 1.75. The Kier molecular flexibility index (Phi) is 3.73. The molecular formula is C13H15N3O. The quantitative estimate of drug-likeness (QED) is 0.807. The molecule has 2 rings (SSSR count). The standard InChI is InChI=1S/C13H15N3O/c14-8-10-3-5-12(6-4-10)16-13(17)11-2-1-7-15-9-11/h3-6,11,15H,1-2,7,9H2,(H,16,17)/t11-/m1/s1. The minimum absolute atomic E-state index is 0.0550. The van der Waals surface area contributed by atoms with E-state index in [1.807, 2.05) is 6.07 Å². The molecule has 0 spiro atoms. The summed E-state index contributed by atoms with van der Waals surface area (Å²) in [4.78, 5) is 11.9. The van der Waals surface area contributed by atoms with Crippen molar-refractivity contribution in [2.45, 2.75) is 12.8 Å². The third kappa shape index (κ3) is 3.05. The third-order valence-electron chi connectivity index (χ3n) is 2.95. The molecule has 2 N–H and O–H groups in total. The van der Waals surface area contributed by atoms with Crippen LogP contribution in [0.2, 0.25) is 0 Å². The predicted molar refractivity (Wildman–Crippen MR) is 65.4 cm³/mol. The second kappa shape index (κ2) is 5.46. The molecule has 1 aliphatic rings. The molecule has 0 saturated carbocycles. The molecule has 1 atom stereocenters. The van der Waals surface area contributed by atoms with Crippen LogP contribution in [0.5, 0.6) is 0 Å². The van der Waals surface area contributed by atoms with Crippen LogP contribution in [0.25, 0.3) is 0 Å². The van der Waals surface area contributed by atoms with E-state index in [1.165, 1.54) is 0 Å². The van der Waals surface area contributed by atoms with Crippen LogP contribution in [-0.2, 0) is 4.79 Å². The number of carbonyl (C=O) groups is 1. The van der Waals surface area contributed by atoms with Crippen molar-refractivity contribution in [1.82, 2.24) is 5.32 Å². The van der Waals surface area contributed by atoms with Crippen molar-refractivity contribution in [3.05, 3.63) is 29.8 Å². The fraction of sp³-hybridized carbons (Fsp3) is 0.385. The summed E-state index contributed by atoms with van der Waals surface area (Å²) in [5.74, 6) is 0.112. The average Bonchev–Trinajstić information content (AvgIpc) is 2.40. The Bertz CT molecular complexity index is 427. The van der Waals surface area contributed by atoms with Gasteiger partial charge in [0.25, 0.3) is 0 Å². The van der Waals surface area contributed by atoms with Crippen molar-refractivity contribution in [3.63, 3.8) is 0 Å². The van der Waals surface area contributed by atoms with Crippen LogP contribution >= 0.6 is 0 Å². The van der Waals surface area contributed by atoms with Crippen LogP contribution < -0.4 is 10.6 Å². The van der Waals surface area contributed by atoms with E-state index in [-0.39, 0.29) is 11.8 Å². The summed E-state index contributed by atoms with van der Waals surface area (Å²) in [5.41, 5.74) is 1.35. The molecule has 0 aromatic heterocycles. The van der Waals surface area contributed by atoms with Gasteiger partial charge in [0.2, 0.25) is 5.91 Å². The summed E-state index contributed by atoms with van der Waals surface area (Å²) >= 11 is 0. The Morgan fingerprint density at radius 3 is 2.76 bits per heavy atom. The largest absolute Gasteiger partial charge is 0.326 e. The number of hydrogen-bond acceptors (Lipinski definition) is 3. The summed E-state index contributed by atoms with van der Waals surface area (Å²) in [6.07, 6.45) is 1.99. The molecule has 0 aliphatic carbocycles. The van der Waals surface area contributed by atoms with Crippen molar-refractivity contribution in [2.24, 2.45) is 5.92 Å². The zero-order valence-corrected chi connectivity index (χ0v) is 9.57. The first-order valence-corrected chi connectivity index (χ1v) is 5.81. The molecule has 1 aromatic rings. The molecule has 0 radical (unpaired) electrons. The smallest absolute Gasteiger partial charge is 0.228 e. The summed E-state index contributed by atoms with van der Waals surface area (Å²) in [7, 11) is 0. The summed E-state index contributed by atoms with van der Waals surface area (Å²) < 4.78 is 0. The molecule has 4 nitrogen and oxygen atoms in total. The van der Waals surface area contributed by atoms with Crippen molar-refractivity contribution in [1.29, 1.82) is 5.26 Å². The number of carbonyl (C=O) groups excluding carboxylic acids is 1. The maximum atomic E-state index is 11.9. The number of piperidine rings is 1. The van der Waals surface area contributed by atoms with Gasteiger partial charge in [-0.15, -0.1) is 0 Å². The summed E-state index contributed by atoms with van der Waals surface area (Å²) in [6, 6.07) is 8.97. The van der Waals surface area contributed by atoms with E-state index in [1.54, 1.807) is 24.3 Å². The van der Waals surface area contributed by atoms with Gasteiger partial charge in [0.15, 0.2) is 0 Å². The number of rotatable bonds is 2. The normalized spacial score (nSPS) is 19.4. The summed E-state index contributed by atoms with van der Waals surface area (Å²) in [5, 5.41) is 14.8. The molecule has 1 aromatic carbocycles. The number of anilines is 1. The van der Waals surface area contributed by atoms with E-state index in [4.69, 9.17) is 5.26 Å². The SMILES string of the molecule is N#Cc1ccc(NC(=O)[C@@H]2CCCNC2)cc1. The highest BCUT2D eigenvalue weighted by Crippen LogP contribution is 2.14. The predicted octanol–water partition coefficient (Wildman–Crippen LogP) is 1.50. The molecule has 0 unspecified atom stereocenters. The van der Waals surface area contributed by atoms with Crippen molar-refractivity contribution in [2.75, 3.05) is 18.4 Å². The van der Waals surface area contributed by atoms with Crippen molar-refractivity contribution < 1.29 is 4.79 Å². The van der Waals surface area contributed by atoms with Crippen molar-refractivity contribution >= 4 is 11.6 Å². The Morgan fingerprint density at radius 2 is 2.18 bits per heavy atom. The molecular weight excluding hydrogens is 214 g/mol. The van der Waals surface area contributed by atoms with Gasteiger partial charge in [0.1, 0.15) is 0 Å². The number of amides is 1. The number of nitriles is 1. The first kappa shape index (κ1) is 11.6. The van der Waals surface area contributed by atoms with Gasteiger partial charge in [0, 0.05) is 12.2 Å². The first-order chi connectivity index (χ1) is 8.29. The van der Waals surface area contributed by atoms with Gasteiger partial charge in [-0.05, 0) is 43.7 Å².